The van der Waals surface area contributed by atoms with Crippen molar-refractivity contribution in [2.24, 2.45) is 11.3 Å². The molecule has 10 heteroatoms. The van der Waals surface area contributed by atoms with Gasteiger partial charge in [-0.2, -0.15) is 0 Å². The van der Waals surface area contributed by atoms with Crippen LogP contribution in [0.4, 0.5) is 0 Å². The van der Waals surface area contributed by atoms with Crippen LogP contribution in [0.25, 0.3) is 17.0 Å². The average Bonchev–Trinajstić information content (AvgIpc) is 2.93. The standard InChI is InChI=1S/C30H41N5O5/c1-18(2)26-27(37)33-25(16-36)28(38)35-14-6-7-23(34-35)29(39)40-19(3)22-11-10-21-9-8-20(15-24(21)32-22)12-13-30(4,5)17-31-26/h8-13,15,18-19,23,25-26,31,34,36H,6-7,14,16-17H2,1-5H3,(H,33,37)/b13-12+/t19-,23?,25+,26+/m1/s1. The first kappa shape index (κ1) is 29.6. The minimum absolute atomic E-state index is 0.0640. The Morgan fingerprint density at radius 2 is 1.93 bits per heavy atom. The van der Waals surface area contributed by atoms with Gasteiger partial charge in [0.1, 0.15) is 18.2 Å². The lowest BCUT2D eigenvalue weighted by Gasteiger charge is -2.35. The number of amides is 2. The number of hydrazine groups is 1. The summed E-state index contributed by atoms with van der Waals surface area (Å²) in [5.41, 5.74) is 5.05. The second-order valence-corrected chi connectivity index (χ2v) is 11.7. The lowest BCUT2D eigenvalue weighted by molar-refractivity contribution is -0.157. The molecule has 4 rings (SSSR count). The highest BCUT2D eigenvalue weighted by Crippen LogP contribution is 2.24. The average molecular weight is 552 g/mol. The number of fused-ring (bicyclic) bond motifs is 4. The normalized spacial score (nSPS) is 27.4. The Bertz CT molecular complexity index is 1280. The smallest absolute Gasteiger partial charge is 0.325 e. The van der Waals surface area contributed by atoms with Gasteiger partial charge in [-0.15, -0.1) is 0 Å². The number of ether oxygens (including phenoxy) is 1. The number of hydrogen-bond acceptors (Lipinski definition) is 8. The molecule has 3 heterocycles. The van der Waals surface area contributed by atoms with Crippen molar-refractivity contribution in [3.63, 3.8) is 0 Å². The van der Waals surface area contributed by atoms with E-state index in [-0.39, 0.29) is 17.2 Å². The number of esters is 1. The summed E-state index contributed by atoms with van der Waals surface area (Å²) in [7, 11) is 0. The summed E-state index contributed by atoms with van der Waals surface area (Å²) in [5.74, 6) is -1.44. The van der Waals surface area contributed by atoms with Crippen LogP contribution in [0.3, 0.4) is 0 Å². The maximum Gasteiger partial charge on any atom is 0.325 e. The Morgan fingerprint density at radius 1 is 1.18 bits per heavy atom. The van der Waals surface area contributed by atoms with Gasteiger partial charge >= 0.3 is 5.97 Å². The molecule has 216 valence electrons. The third-order valence-corrected chi connectivity index (χ3v) is 7.43. The summed E-state index contributed by atoms with van der Waals surface area (Å²) < 4.78 is 5.75. The molecule has 1 saturated heterocycles. The molecule has 40 heavy (non-hydrogen) atoms. The van der Waals surface area contributed by atoms with Gasteiger partial charge in [0, 0.05) is 18.5 Å². The number of carbonyl (C=O) groups excluding carboxylic acids is 3. The van der Waals surface area contributed by atoms with Crippen molar-refractivity contribution in [3.8, 4) is 0 Å². The molecule has 1 unspecified atom stereocenters. The van der Waals surface area contributed by atoms with Crippen LogP contribution in [0, 0.1) is 11.3 Å². The van der Waals surface area contributed by atoms with Crippen LogP contribution in [-0.4, -0.2) is 70.7 Å². The number of hydrogen-bond donors (Lipinski definition) is 4. The van der Waals surface area contributed by atoms with Gasteiger partial charge in [0.15, 0.2) is 0 Å². The molecule has 2 aromatic rings. The van der Waals surface area contributed by atoms with Crippen LogP contribution < -0.4 is 16.1 Å². The van der Waals surface area contributed by atoms with Gasteiger partial charge in [-0.1, -0.05) is 58.0 Å². The first-order valence-electron chi connectivity index (χ1n) is 14.0. The number of nitrogens with zero attached hydrogens (tertiary/aromatic N) is 2. The van der Waals surface area contributed by atoms with Gasteiger partial charge in [-0.3, -0.25) is 19.4 Å². The van der Waals surface area contributed by atoms with E-state index in [4.69, 9.17) is 9.72 Å². The van der Waals surface area contributed by atoms with Gasteiger partial charge in [0.05, 0.1) is 23.9 Å². The number of rotatable bonds is 2. The summed E-state index contributed by atoms with van der Waals surface area (Å²) in [6.07, 6.45) is 4.58. The summed E-state index contributed by atoms with van der Waals surface area (Å²) >= 11 is 0. The van der Waals surface area contributed by atoms with Crippen LogP contribution in [-0.2, 0) is 19.1 Å². The predicted molar refractivity (Wildman–Crippen MR) is 153 cm³/mol. The largest absolute Gasteiger partial charge is 0.455 e. The molecule has 0 aliphatic carbocycles. The third-order valence-electron chi connectivity index (χ3n) is 7.43. The Kier molecular flexibility index (Phi) is 9.22. The van der Waals surface area contributed by atoms with Crippen LogP contribution in [0.1, 0.15) is 64.8 Å². The van der Waals surface area contributed by atoms with Gasteiger partial charge in [0.2, 0.25) is 5.91 Å². The molecule has 2 aliphatic rings. The highest BCUT2D eigenvalue weighted by atomic mass is 16.5. The summed E-state index contributed by atoms with van der Waals surface area (Å²) in [5, 5.41) is 18.3. The Morgan fingerprint density at radius 3 is 2.65 bits per heavy atom. The maximum atomic E-state index is 13.3. The van der Waals surface area contributed by atoms with E-state index in [9.17, 15) is 19.5 Å². The molecular weight excluding hydrogens is 510 g/mol. The van der Waals surface area contributed by atoms with Gasteiger partial charge in [-0.05, 0) is 48.8 Å². The fourth-order valence-electron chi connectivity index (χ4n) is 4.93. The van der Waals surface area contributed by atoms with Crippen molar-refractivity contribution in [1.82, 2.24) is 26.1 Å². The van der Waals surface area contributed by atoms with E-state index in [1.807, 2.05) is 50.3 Å². The zero-order valence-corrected chi connectivity index (χ0v) is 23.9. The van der Waals surface area contributed by atoms with Crippen molar-refractivity contribution in [2.75, 3.05) is 19.7 Å². The zero-order valence-electron chi connectivity index (χ0n) is 23.9. The Hall–Kier alpha value is -3.34. The molecule has 4 N–H and O–H groups in total. The zero-order chi connectivity index (χ0) is 29.0. The van der Waals surface area contributed by atoms with Gasteiger partial charge in [0.25, 0.3) is 5.91 Å². The van der Waals surface area contributed by atoms with Crippen LogP contribution in [0.2, 0.25) is 0 Å². The Labute approximate surface area is 235 Å². The van der Waals surface area contributed by atoms with E-state index in [0.29, 0.717) is 31.6 Å². The van der Waals surface area contributed by atoms with Crippen molar-refractivity contribution < 1.29 is 24.2 Å². The first-order chi connectivity index (χ1) is 19.0. The number of cyclic esters (lactones) is 1. The topological polar surface area (TPSA) is 133 Å². The van der Waals surface area contributed by atoms with E-state index < -0.39 is 42.7 Å². The highest BCUT2D eigenvalue weighted by molar-refractivity contribution is 5.90. The molecule has 10 nitrogen and oxygen atoms in total. The van der Waals surface area contributed by atoms with Crippen molar-refractivity contribution in [2.45, 2.75) is 71.7 Å². The number of aliphatic hydroxyl groups is 1. The first-order valence-corrected chi connectivity index (χ1v) is 14.0. The molecule has 0 spiro atoms. The van der Waals surface area contributed by atoms with Crippen LogP contribution in [0.15, 0.2) is 36.4 Å². The van der Waals surface area contributed by atoms with Crippen molar-refractivity contribution in [1.29, 1.82) is 0 Å². The van der Waals surface area contributed by atoms with Crippen molar-refractivity contribution in [3.05, 3.63) is 47.7 Å². The van der Waals surface area contributed by atoms with E-state index >= 15 is 0 Å². The SMILES string of the molecule is CC(C)[C@@H]1NCC(C)(C)/C=C/c2ccc3ccc(nc3c2)[C@@H](C)OC(=O)C2CCCN(N2)C(=O)[C@H](CO)NC1=O. The number of nitrogens with one attached hydrogen (secondary N) is 3. The molecule has 4 atom stereocenters. The van der Waals surface area contributed by atoms with Crippen LogP contribution >= 0.6 is 0 Å². The molecule has 1 fully saturated rings. The number of aliphatic hydroxyl groups excluding tert-OH is 1. The molecule has 1 aromatic carbocycles. The lowest BCUT2D eigenvalue weighted by Crippen LogP contribution is -2.62. The molecule has 0 radical (unpaired) electrons. The number of carbonyl (C=O) groups is 3. The van der Waals surface area contributed by atoms with E-state index in [0.717, 1.165) is 16.5 Å². The highest BCUT2D eigenvalue weighted by Gasteiger charge is 2.35. The van der Waals surface area contributed by atoms with Crippen molar-refractivity contribution >= 4 is 34.8 Å². The predicted octanol–water partition coefficient (Wildman–Crippen LogP) is 2.48. The third kappa shape index (κ3) is 7.04. The monoisotopic (exact) mass is 551 g/mol. The van der Waals surface area contributed by atoms with Gasteiger partial charge < -0.3 is 20.5 Å². The lowest BCUT2D eigenvalue weighted by atomic mass is 9.90. The minimum Gasteiger partial charge on any atom is -0.455 e. The fourth-order valence-corrected chi connectivity index (χ4v) is 4.93. The maximum absolute atomic E-state index is 13.3. The molecule has 1 aromatic heterocycles. The molecule has 0 saturated carbocycles. The molecule has 5 bridgehead atoms. The minimum atomic E-state index is -1.15. The number of aromatic nitrogens is 1. The summed E-state index contributed by atoms with van der Waals surface area (Å²) in [6.45, 7) is 10.1. The number of pyridine rings is 1. The van der Waals surface area contributed by atoms with Gasteiger partial charge in [-0.25, -0.2) is 10.4 Å². The van der Waals surface area contributed by atoms with Crippen LogP contribution in [0.5, 0.6) is 0 Å². The molecule has 2 amide bonds. The number of benzene rings is 1. The molecule has 2 aliphatic heterocycles. The molecular formula is C30H41N5O5. The Balaban J connectivity index is 1.68. The summed E-state index contributed by atoms with van der Waals surface area (Å²) in [4.78, 5) is 44.4. The fraction of sp³-hybridized carbons (Fsp3) is 0.533. The second-order valence-electron chi connectivity index (χ2n) is 11.7. The van der Waals surface area contributed by atoms with E-state index in [1.165, 1.54) is 5.01 Å². The quantitative estimate of drug-likeness (QED) is 0.419. The summed E-state index contributed by atoms with van der Waals surface area (Å²) in [6, 6.07) is 7.38. The van der Waals surface area contributed by atoms with E-state index in [1.54, 1.807) is 6.92 Å². The van der Waals surface area contributed by atoms with E-state index in [2.05, 4.69) is 36.0 Å². The second kappa shape index (κ2) is 12.4.